The first-order chi connectivity index (χ1) is 17.4. The van der Waals surface area contributed by atoms with Crippen LogP contribution in [0.3, 0.4) is 0 Å². The Bertz CT molecular complexity index is 1010. The van der Waals surface area contributed by atoms with Gasteiger partial charge in [0, 0.05) is 31.2 Å². The number of nitrogens with two attached hydrogens (primary N) is 2. The third-order valence-electron chi connectivity index (χ3n) is 6.90. The van der Waals surface area contributed by atoms with Crippen molar-refractivity contribution in [3.63, 3.8) is 0 Å². The molecule has 7 N–H and O–H groups in total. The van der Waals surface area contributed by atoms with Crippen LogP contribution in [0, 0.1) is 5.92 Å². The second-order valence-corrected chi connectivity index (χ2v) is 9.92. The van der Waals surface area contributed by atoms with Gasteiger partial charge in [0.05, 0.1) is 6.04 Å². The van der Waals surface area contributed by atoms with E-state index in [0.717, 1.165) is 23.1 Å². The first-order valence-corrected chi connectivity index (χ1v) is 13.3. The number of nitrogens with one attached hydrogen (secondary N) is 3. The molecule has 0 aromatic heterocycles. The van der Waals surface area contributed by atoms with Crippen LogP contribution in [0.5, 0.6) is 0 Å². The quantitative estimate of drug-likeness (QED) is 0.166. The molecule has 0 spiro atoms. The Balaban J connectivity index is 1.49. The molecule has 196 valence electrons. The summed E-state index contributed by atoms with van der Waals surface area (Å²) in [4.78, 5) is 29.7. The van der Waals surface area contributed by atoms with Crippen LogP contribution in [0.1, 0.15) is 68.6 Å². The molecule has 1 aliphatic rings. The maximum absolute atomic E-state index is 13.0. The summed E-state index contributed by atoms with van der Waals surface area (Å²) in [6.45, 7) is 3.55. The van der Waals surface area contributed by atoms with Crippen molar-refractivity contribution in [2.75, 3.05) is 19.6 Å². The van der Waals surface area contributed by atoms with Crippen LogP contribution in [-0.4, -0.2) is 49.5 Å². The minimum Gasteiger partial charge on any atom is -0.370 e. The molecule has 2 atom stereocenters. The first-order valence-electron chi connectivity index (χ1n) is 13.3. The molecule has 3 rings (SSSR count). The van der Waals surface area contributed by atoms with Crippen molar-refractivity contribution in [1.82, 2.24) is 16.0 Å². The number of carbonyl (C=O) groups excluding carboxylic acids is 2. The molecule has 1 fully saturated rings. The van der Waals surface area contributed by atoms with Gasteiger partial charge in [-0.05, 0) is 55.0 Å². The fourth-order valence-electron chi connectivity index (χ4n) is 4.87. The number of benzene rings is 2. The van der Waals surface area contributed by atoms with Gasteiger partial charge in [0.2, 0.25) is 5.91 Å². The van der Waals surface area contributed by atoms with Crippen LogP contribution in [-0.2, 0) is 4.79 Å². The third-order valence-corrected chi connectivity index (χ3v) is 6.90. The number of hydrogen-bond acceptors (Lipinski definition) is 4. The Morgan fingerprint density at radius 3 is 2.53 bits per heavy atom. The van der Waals surface area contributed by atoms with E-state index in [4.69, 9.17) is 11.5 Å². The summed E-state index contributed by atoms with van der Waals surface area (Å²) in [5.74, 6) is 0.636. The zero-order valence-electron chi connectivity index (χ0n) is 21.5. The minimum absolute atomic E-state index is 0.0109. The SMILES string of the molecule is CC(CNC(=O)c1ccc2ccccc2c1)N[C@@H](CCCN=C(N)N)C(=O)NCCC1CCCCC1. The predicted octanol–water partition coefficient (Wildman–Crippen LogP) is 3.06. The minimum atomic E-state index is -0.377. The molecule has 2 aromatic rings. The standard InChI is InChI=1S/C28H42N6O2/c1-20(19-33-26(35)24-14-13-22-10-5-6-11-23(22)18-24)34-25(12-7-16-32-28(29)30)27(36)31-17-15-21-8-3-2-4-9-21/h5-6,10-11,13-14,18,20-21,25,34H,2-4,7-9,12,15-17,19H2,1H3,(H,31,36)(H,33,35)(H4,29,30,32)/t20?,25-/m0/s1. The van der Waals surface area contributed by atoms with Crippen molar-refractivity contribution >= 4 is 28.5 Å². The van der Waals surface area contributed by atoms with Crippen LogP contribution in [0.4, 0.5) is 0 Å². The van der Waals surface area contributed by atoms with Crippen molar-refractivity contribution in [3.8, 4) is 0 Å². The van der Waals surface area contributed by atoms with Gasteiger partial charge in [0.15, 0.2) is 5.96 Å². The molecule has 8 heteroatoms. The summed E-state index contributed by atoms with van der Waals surface area (Å²) >= 11 is 0. The van der Waals surface area contributed by atoms with Gasteiger partial charge in [-0.3, -0.25) is 14.6 Å². The lowest BCUT2D eigenvalue weighted by atomic mass is 9.87. The summed E-state index contributed by atoms with van der Waals surface area (Å²) in [7, 11) is 0. The Kier molecular flexibility index (Phi) is 11.0. The second-order valence-electron chi connectivity index (χ2n) is 9.92. The number of guanidine groups is 1. The smallest absolute Gasteiger partial charge is 0.251 e. The van der Waals surface area contributed by atoms with E-state index in [-0.39, 0.29) is 29.9 Å². The highest BCUT2D eigenvalue weighted by Gasteiger charge is 2.21. The van der Waals surface area contributed by atoms with Crippen LogP contribution < -0.4 is 27.4 Å². The summed E-state index contributed by atoms with van der Waals surface area (Å²) in [5, 5.41) is 11.6. The molecule has 0 heterocycles. The molecule has 1 aliphatic carbocycles. The Labute approximate surface area is 214 Å². The molecule has 2 amide bonds. The van der Waals surface area contributed by atoms with Gasteiger partial charge < -0.3 is 27.4 Å². The second kappa shape index (κ2) is 14.4. The maximum atomic E-state index is 13.0. The average molecular weight is 495 g/mol. The van der Waals surface area contributed by atoms with E-state index in [0.29, 0.717) is 38.0 Å². The van der Waals surface area contributed by atoms with E-state index in [9.17, 15) is 9.59 Å². The van der Waals surface area contributed by atoms with Crippen LogP contribution in [0.25, 0.3) is 10.8 Å². The van der Waals surface area contributed by atoms with Gasteiger partial charge in [-0.1, -0.05) is 62.4 Å². The zero-order chi connectivity index (χ0) is 25.8. The lowest BCUT2D eigenvalue weighted by Crippen LogP contribution is -2.51. The van der Waals surface area contributed by atoms with E-state index in [2.05, 4.69) is 20.9 Å². The van der Waals surface area contributed by atoms with E-state index in [1.165, 1.54) is 32.1 Å². The molecule has 0 bridgehead atoms. The van der Waals surface area contributed by atoms with Crippen molar-refractivity contribution in [2.45, 2.75) is 70.4 Å². The number of carbonyl (C=O) groups is 2. The fraction of sp³-hybridized carbons (Fsp3) is 0.536. The molecule has 0 saturated heterocycles. The monoisotopic (exact) mass is 494 g/mol. The molecule has 0 aliphatic heterocycles. The fourth-order valence-corrected chi connectivity index (χ4v) is 4.87. The first kappa shape index (κ1) is 27.5. The Morgan fingerprint density at radius 1 is 1.03 bits per heavy atom. The van der Waals surface area contributed by atoms with Crippen molar-refractivity contribution in [2.24, 2.45) is 22.4 Å². The molecule has 2 aromatic carbocycles. The van der Waals surface area contributed by atoms with Crippen molar-refractivity contribution < 1.29 is 9.59 Å². The lowest BCUT2D eigenvalue weighted by molar-refractivity contribution is -0.123. The Hall–Kier alpha value is -3.13. The number of aliphatic imine (C=N–C) groups is 1. The van der Waals surface area contributed by atoms with Gasteiger partial charge in [-0.15, -0.1) is 0 Å². The number of nitrogens with zero attached hydrogens (tertiary/aromatic N) is 1. The molecular weight excluding hydrogens is 452 g/mol. The molecule has 1 saturated carbocycles. The summed E-state index contributed by atoms with van der Waals surface area (Å²) in [5.41, 5.74) is 11.5. The van der Waals surface area contributed by atoms with E-state index < -0.39 is 0 Å². The summed E-state index contributed by atoms with van der Waals surface area (Å²) in [6, 6.07) is 13.2. The van der Waals surface area contributed by atoms with Crippen LogP contribution >= 0.6 is 0 Å². The summed E-state index contributed by atoms with van der Waals surface area (Å²) < 4.78 is 0. The van der Waals surface area contributed by atoms with E-state index in [1.807, 2.05) is 49.4 Å². The topological polar surface area (TPSA) is 135 Å². The average Bonchev–Trinajstić information content (AvgIpc) is 2.89. The zero-order valence-corrected chi connectivity index (χ0v) is 21.5. The molecule has 0 radical (unpaired) electrons. The molecule has 8 nitrogen and oxygen atoms in total. The normalized spacial score (nSPS) is 15.7. The maximum Gasteiger partial charge on any atom is 0.251 e. The van der Waals surface area contributed by atoms with Gasteiger partial charge in [-0.2, -0.15) is 0 Å². The molecule has 1 unspecified atom stereocenters. The van der Waals surface area contributed by atoms with Crippen molar-refractivity contribution in [3.05, 3.63) is 48.0 Å². The molecule has 36 heavy (non-hydrogen) atoms. The highest BCUT2D eigenvalue weighted by Crippen LogP contribution is 2.25. The van der Waals surface area contributed by atoms with Crippen molar-refractivity contribution in [1.29, 1.82) is 0 Å². The number of hydrogen-bond donors (Lipinski definition) is 5. The lowest BCUT2D eigenvalue weighted by Gasteiger charge is -2.25. The number of amides is 2. The third kappa shape index (κ3) is 9.15. The van der Waals surface area contributed by atoms with Gasteiger partial charge in [-0.25, -0.2) is 0 Å². The van der Waals surface area contributed by atoms with Gasteiger partial charge in [0.25, 0.3) is 5.91 Å². The number of fused-ring (bicyclic) bond motifs is 1. The highest BCUT2D eigenvalue weighted by molar-refractivity contribution is 5.98. The highest BCUT2D eigenvalue weighted by atomic mass is 16.2. The summed E-state index contributed by atoms with van der Waals surface area (Å²) in [6.07, 6.45) is 8.79. The van der Waals surface area contributed by atoms with Crippen LogP contribution in [0.15, 0.2) is 47.5 Å². The largest absolute Gasteiger partial charge is 0.370 e. The predicted molar refractivity (Wildman–Crippen MR) is 147 cm³/mol. The number of rotatable bonds is 13. The van der Waals surface area contributed by atoms with Crippen LogP contribution in [0.2, 0.25) is 0 Å². The van der Waals surface area contributed by atoms with Gasteiger partial charge >= 0.3 is 0 Å². The Morgan fingerprint density at radius 2 is 1.78 bits per heavy atom. The van der Waals surface area contributed by atoms with Gasteiger partial charge in [0.1, 0.15) is 0 Å². The molecular formula is C28H42N6O2. The van der Waals surface area contributed by atoms with E-state index >= 15 is 0 Å². The van der Waals surface area contributed by atoms with E-state index in [1.54, 1.807) is 0 Å².